The Hall–Kier alpha value is -3.66. The van der Waals surface area contributed by atoms with Gasteiger partial charge in [-0.25, -0.2) is 0 Å². The highest BCUT2D eigenvalue weighted by molar-refractivity contribution is 6.33. The highest BCUT2D eigenvalue weighted by Gasteiger charge is 2.28. The predicted molar refractivity (Wildman–Crippen MR) is 157 cm³/mol. The van der Waals surface area contributed by atoms with E-state index < -0.39 is 30.0 Å². The maximum Gasteiger partial charge on any atom is 0.252 e. The van der Waals surface area contributed by atoms with Crippen LogP contribution in [0.15, 0.2) is 59.0 Å². The van der Waals surface area contributed by atoms with E-state index in [1.54, 1.807) is 25.1 Å². The number of aryl methyl sites for hydroxylation is 2. The van der Waals surface area contributed by atoms with Crippen LogP contribution in [0.2, 0.25) is 5.02 Å². The third-order valence-corrected chi connectivity index (χ3v) is 7.41. The zero-order chi connectivity index (χ0) is 29.5. The van der Waals surface area contributed by atoms with Crippen molar-refractivity contribution in [3.05, 3.63) is 82.1 Å². The van der Waals surface area contributed by atoms with E-state index in [4.69, 9.17) is 16.0 Å². The summed E-state index contributed by atoms with van der Waals surface area (Å²) < 4.78 is 6.07. The highest BCUT2D eigenvalue weighted by Crippen LogP contribution is 2.29. The Morgan fingerprint density at radius 3 is 2.63 bits per heavy atom. The number of aliphatic hydroxyl groups excluding tert-OH is 1. The number of fused-ring (bicyclic) bond motifs is 2. The molecule has 3 amide bonds. The first kappa shape index (κ1) is 30.3. The monoisotopic (exact) mass is 580 g/mol. The summed E-state index contributed by atoms with van der Waals surface area (Å²) in [5.41, 5.74) is 3.20. The number of carbonyl (C=O) groups is 3. The lowest BCUT2D eigenvalue weighted by atomic mass is 10.00. The minimum Gasteiger partial charge on any atom is -0.460 e. The number of nitrogens with one attached hydrogen (secondary N) is 3. The Morgan fingerprint density at radius 1 is 1.10 bits per heavy atom. The molecule has 218 valence electrons. The smallest absolute Gasteiger partial charge is 0.252 e. The van der Waals surface area contributed by atoms with Crippen LogP contribution >= 0.6 is 11.6 Å². The lowest BCUT2D eigenvalue weighted by molar-refractivity contribution is -0.126. The molecule has 0 radical (unpaired) electrons. The molecule has 3 atom stereocenters. The molecule has 4 N–H and O–H groups in total. The molecule has 10 heteroatoms. The first-order chi connectivity index (χ1) is 19.6. The van der Waals surface area contributed by atoms with Crippen LogP contribution in [0.1, 0.15) is 47.5 Å². The topological polar surface area (TPSA) is 124 Å². The van der Waals surface area contributed by atoms with E-state index in [0.29, 0.717) is 54.6 Å². The summed E-state index contributed by atoms with van der Waals surface area (Å²) in [6, 6.07) is 14.9. The molecule has 2 aromatic carbocycles. The van der Waals surface area contributed by atoms with E-state index in [2.05, 4.69) is 16.0 Å². The van der Waals surface area contributed by atoms with Crippen molar-refractivity contribution in [1.82, 2.24) is 20.9 Å². The number of amides is 3. The van der Waals surface area contributed by atoms with Crippen molar-refractivity contribution in [3.8, 4) is 11.3 Å². The molecule has 0 saturated carbocycles. The van der Waals surface area contributed by atoms with Crippen molar-refractivity contribution in [2.75, 3.05) is 19.6 Å². The van der Waals surface area contributed by atoms with Gasteiger partial charge in [0.15, 0.2) is 0 Å². The number of carbonyl (C=O) groups excluding carboxylic acids is 3. The fraction of sp³-hybridized carbons (Fsp3) is 0.387. The third-order valence-electron chi connectivity index (χ3n) is 7.08. The predicted octanol–water partition coefficient (Wildman–Crippen LogP) is 3.46. The maximum absolute atomic E-state index is 13.1. The molecule has 41 heavy (non-hydrogen) atoms. The molecule has 0 spiro atoms. The lowest BCUT2D eigenvalue weighted by Gasteiger charge is -2.27. The second kappa shape index (κ2) is 13.8. The minimum absolute atomic E-state index is 0.0907. The summed E-state index contributed by atoms with van der Waals surface area (Å²) in [6.45, 7) is 6.45. The van der Waals surface area contributed by atoms with Crippen molar-refractivity contribution in [3.63, 3.8) is 0 Å². The molecule has 3 aromatic rings. The molecular formula is C31H37ClN4O5. The van der Waals surface area contributed by atoms with Gasteiger partial charge in [-0.15, -0.1) is 0 Å². The van der Waals surface area contributed by atoms with Gasteiger partial charge < -0.3 is 25.5 Å². The van der Waals surface area contributed by atoms with E-state index in [1.807, 2.05) is 48.2 Å². The lowest BCUT2D eigenvalue weighted by Crippen LogP contribution is -2.55. The van der Waals surface area contributed by atoms with E-state index in [1.165, 1.54) is 6.92 Å². The summed E-state index contributed by atoms with van der Waals surface area (Å²) in [5.74, 6) is 0.166. The van der Waals surface area contributed by atoms with Crippen LogP contribution in [-0.4, -0.2) is 65.5 Å². The molecule has 9 nitrogen and oxygen atoms in total. The van der Waals surface area contributed by atoms with Gasteiger partial charge in [0.1, 0.15) is 17.6 Å². The molecule has 0 unspecified atom stereocenters. The first-order valence-electron chi connectivity index (χ1n) is 13.8. The molecule has 4 rings (SSSR count). The number of hydrogen-bond donors (Lipinski definition) is 4. The fourth-order valence-corrected chi connectivity index (χ4v) is 5.15. The van der Waals surface area contributed by atoms with Crippen molar-refractivity contribution in [2.45, 2.75) is 58.3 Å². The molecule has 2 bridgehead atoms. The number of hydrogen-bond acceptors (Lipinski definition) is 6. The van der Waals surface area contributed by atoms with Crippen LogP contribution in [0.25, 0.3) is 11.3 Å². The van der Waals surface area contributed by atoms with Crippen LogP contribution in [-0.2, 0) is 22.6 Å². The molecule has 1 aliphatic heterocycles. The van der Waals surface area contributed by atoms with E-state index >= 15 is 0 Å². The van der Waals surface area contributed by atoms with Crippen LogP contribution < -0.4 is 16.0 Å². The zero-order valence-corrected chi connectivity index (χ0v) is 24.3. The normalized spacial score (nSPS) is 20.5. The Morgan fingerprint density at radius 2 is 1.88 bits per heavy atom. The van der Waals surface area contributed by atoms with Crippen LogP contribution in [0.4, 0.5) is 0 Å². The molecule has 2 heterocycles. The Bertz CT molecular complexity index is 1390. The largest absolute Gasteiger partial charge is 0.460 e. The van der Waals surface area contributed by atoms with Gasteiger partial charge in [-0.3, -0.25) is 19.3 Å². The van der Waals surface area contributed by atoms with Gasteiger partial charge in [-0.1, -0.05) is 29.8 Å². The number of nitrogens with zero attached hydrogens (tertiary/aromatic N) is 1. The second-order valence-electron chi connectivity index (χ2n) is 10.6. The number of benzene rings is 2. The number of furan rings is 1. The summed E-state index contributed by atoms with van der Waals surface area (Å²) in [5, 5.41) is 19.5. The van der Waals surface area contributed by atoms with Crippen molar-refractivity contribution >= 4 is 29.3 Å². The van der Waals surface area contributed by atoms with Gasteiger partial charge in [0.2, 0.25) is 11.8 Å². The first-order valence-corrected chi connectivity index (χ1v) is 14.2. The van der Waals surface area contributed by atoms with E-state index in [0.717, 1.165) is 16.7 Å². The number of rotatable bonds is 4. The minimum atomic E-state index is -1.15. The van der Waals surface area contributed by atoms with E-state index in [9.17, 15) is 19.5 Å². The van der Waals surface area contributed by atoms with Gasteiger partial charge in [-0.2, -0.15) is 0 Å². The SMILES string of the molecule is Cc1ccc2cc1CCCNC(=O)CN(Cc1ccc(-c3ccccc3Cl)o1)C[C@@H](C)NC(=O)[C@H]([C@@H](C)O)NC2=O. The average Bonchev–Trinajstić information content (AvgIpc) is 3.37. The highest BCUT2D eigenvalue weighted by atomic mass is 35.5. The quantitative estimate of drug-likeness (QED) is 0.375. The van der Waals surface area contributed by atoms with Gasteiger partial charge in [0.05, 0.1) is 24.2 Å². The zero-order valence-electron chi connectivity index (χ0n) is 23.6. The molecular weight excluding hydrogens is 544 g/mol. The summed E-state index contributed by atoms with van der Waals surface area (Å²) in [6.07, 6.45) is 0.251. The third kappa shape index (κ3) is 8.19. The van der Waals surface area contributed by atoms with Gasteiger partial charge in [0.25, 0.3) is 5.91 Å². The second-order valence-corrected chi connectivity index (χ2v) is 11.0. The van der Waals surface area contributed by atoms with Gasteiger partial charge >= 0.3 is 0 Å². The van der Waals surface area contributed by atoms with Crippen LogP contribution in [0.3, 0.4) is 0 Å². The standard InChI is InChI=1S/C31H37ClN4O5/c1-19-10-11-23-15-22(19)7-6-14-33-28(38)18-36(16-20(2)34-31(40)29(21(3)37)35-30(23)39)17-24-12-13-27(41-24)25-8-4-5-9-26(25)32/h4-5,8-13,15,20-21,29,37H,6-7,14,16-18H2,1-3H3,(H,33,38)(H,34,40)(H,35,39)/t20-,21-,29+/m1/s1. The maximum atomic E-state index is 13.1. The fourth-order valence-electron chi connectivity index (χ4n) is 4.92. The number of halogens is 1. The van der Waals surface area contributed by atoms with Gasteiger partial charge in [-0.05, 0) is 81.1 Å². The van der Waals surface area contributed by atoms with Crippen LogP contribution in [0, 0.1) is 6.92 Å². The van der Waals surface area contributed by atoms with Crippen molar-refractivity contribution in [2.24, 2.45) is 0 Å². The molecule has 0 fully saturated rings. The Balaban J connectivity index is 1.54. The molecule has 1 aliphatic rings. The molecule has 0 aliphatic carbocycles. The number of aliphatic hydroxyl groups is 1. The van der Waals surface area contributed by atoms with Gasteiger partial charge in [0, 0.05) is 30.3 Å². The van der Waals surface area contributed by atoms with Crippen molar-refractivity contribution < 1.29 is 23.9 Å². The Kier molecular flexibility index (Phi) is 10.2. The van der Waals surface area contributed by atoms with Crippen molar-refractivity contribution in [1.29, 1.82) is 0 Å². The molecule has 1 aromatic heterocycles. The average molecular weight is 581 g/mol. The summed E-state index contributed by atoms with van der Waals surface area (Å²) in [7, 11) is 0. The summed E-state index contributed by atoms with van der Waals surface area (Å²) in [4.78, 5) is 41.0. The molecule has 0 saturated heterocycles. The van der Waals surface area contributed by atoms with E-state index in [-0.39, 0.29) is 12.5 Å². The Labute approximate surface area is 245 Å². The van der Waals surface area contributed by atoms with Crippen LogP contribution in [0.5, 0.6) is 0 Å². The summed E-state index contributed by atoms with van der Waals surface area (Å²) >= 11 is 6.33.